The van der Waals surface area contributed by atoms with Gasteiger partial charge in [0.2, 0.25) is 5.82 Å². The Bertz CT molecular complexity index is 1020. The van der Waals surface area contributed by atoms with Crippen LogP contribution >= 0.6 is 0 Å². The van der Waals surface area contributed by atoms with Crippen molar-refractivity contribution in [2.24, 2.45) is 0 Å². The highest BCUT2D eigenvalue weighted by Crippen LogP contribution is 2.30. The van der Waals surface area contributed by atoms with E-state index < -0.39 is 12.0 Å². The molecule has 114 valence electrons. The normalized spacial score (nSPS) is 12.1. The standard InChI is InChI=1S/C15H8F3N5/c16-15(17,18)14-19-10-6-2-1-5-9(10)13(20-14)23-12-8-4-3-7-11(12)21-22-23/h1-8H. The summed E-state index contributed by atoms with van der Waals surface area (Å²) < 4.78 is 40.5. The monoisotopic (exact) mass is 315 g/mol. The largest absolute Gasteiger partial charge is 0.451 e. The predicted molar refractivity (Wildman–Crippen MR) is 77.0 cm³/mol. The fourth-order valence-corrected chi connectivity index (χ4v) is 2.37. The summed E-state index contributed by atoms with van der Waals surface area (Å²) in [6, 6.07) is 13.5. The molecule has 0 fully saturated rings. The average Bonchev–Trinajstić information content (AvgIpc) is 2.97. The Hall–Kier alpha value is -3.03. The molecule has 0 unspecified atom stereocenters. The number of fused-ring (bicyclic) bond motifs is 2. The predicted octanol–water partition coefficient (Wildman–Crippen LogP) is 3.38. The van der Waals surface area contributed by atoms with Crippen LogP contribution in [-0.4, -0.2) is 25.0 Å². The summed E-state index contributed by atoms with van der Waals surface area (Å²) in [4.78, 5) is 7.29. The average molecular weight is 315 g/mol. The first kappa shape index (κ1) is 13.6. The van der Waals surface area contributed by atoms with Crippen molar-refractivity contribution in [1.82, 2.24) is 25.0 Å². The quantitative estimate of drug-likeness (QED) is 0.540. The second kappa shape index (κ2) is 4.73. The minimum atomic E-state index is -4.64. The first-order valence-corrected chi connectivity index (χ1v) is 6.69. The summed E-state index contributed by atoms with van der Waals surface area (Å²) in [7, 11) is 0. The molecule has 0 aliphatic heterocycles. The van der Waals surface area contributed by atoms with Gasteiger partial charge in [-0.25, -0.2) is 9.97 Å². The Morgan fingerprint density at radius 3 is 2.30 bits per heavy atom. The van der Waals surface area contributed by atoms with E-state index in [1.807, 2.05) is 0 Å². The summed E-state index contributed by atoms with van der Waals surface area (Å²) in [6.45, 7) is 0. The van der Waals surface area contributed by atoms with Gasteiger partial charge in [0.05, 0.1) is 11.0 Å². The van der Waals surface area contributed by atoms with Crippen molar-refractivity contribution >= 4 is 21.9 Å². The lowest BCUT2D eigenvalue weighted by Gasteiger charge is -2.10. The van der Waals surface area contributed by atoms with E-state index in [0.717, 1.165) is 0 Å². The van der Waals surface area contributed by atoms with Crippen LogP contribution in [0, 0.1) is 0 Å². The van der Waals surface area contributed by atoms with Crippen LogP contribution in [0.2, 0.25) is 0 Å². The van der Waals surface area contributed by atoms with Gasteiger partial charge in [0.15, 0.2) is 5.82 Å². The van der Waals surface area contributed by atoms with Gasteiger partial charge in [-0.05, 0) is 24.3 Å². The van der Waals surface area contributed by atoms with Crippen LogP contribution in [0.15, 0.2) is 48.5 Å². The Morgan fingerprint density at radius 2 is 1.52 bits per heavy atom. The van der Waals surface area contributed by atoms with Crippen molar-refractivity contribution < 1.29 is 13.2 Å². The molecule has 0 aliphatic carbocycles. The number of halogens is 3. The van der Waals surface area contributed by atoms with Crippen LogP contribution < -0.4 is 0 Å². The first-order valence-electron chi connectivity index (χ1n) is 6.69. The maximum Gasteiger partial charge on any atom is 0.451 e. The van der Waals surface area contributed by atoms with E-state index >= 15 is 0 Å². The molecule has 0 atom stereocenters. The number of hydrogen-bond acceptors (Lipinski definition) is 4. The Labute approximate surface area is 127 Å². The molecule has 8 heteroatoms. The molecule has 4 rings (SSSR count). The fourth-order valence-electron chi connectivity index (χ4n) is 2.37. The number of benzene rings is 2. The zero-order valence-electron chi connectivity index (χ0n) is 11.5. The number of hydrogen-bond donors (Lipinski definition) is 0. The highest BCUT2D eigenvalue weighted by Gasteiger charge is 2.36. The minimum Gasteiger partial charge on any atom is -0.224 e. The van der Waals surface area contributed by atoms with E-state index in [2.05, 4.69) is 20.3 Å². The lowest BCUT2D eigenvalue weighted by molar-refractivity contribution is -0.144. The van der Waals surface area contributed by atoms with Crippen LogP contribution in [0.3, 0.4) is 0 Å². The lowest BCUT2D eigenvalue weighted by Crippen LogP contribution is -2.14. The van der Waals surface area contributed by atoms with Gasteiger partial charge in [-0.1, -0.05) is 29.5 Å². The third-order valence-electron chi connectivity index (χ3n) is 3.39. The van der Waals surface area contributed by atoms with Crippen LogP contribution in [0.25, 0.3) is 27.8 Å². The lowest BCUT2D eigenvalue weighted by atomic mass is 10.2. The van der Waals surface area contributed by atoms with Gasteiger partial charge < -0.3 is 0 Å². The van der Waals surface area contributed by atoms with Gasteiger partial charge >= 0.3 is 6.18 Å². The molecule has 2 aromatic heterocycles. The Morgan fingerprint density at radius 1 is 0.826 bits per heavy atom. The van der Waals surface area contributed by atoms with Crippen LogP contribution in [0.4, 0.5) is 13.2 Å². The molecule has 0 spiro atoms. The highest BCUT2D eigenvalue weighted by molar-refractivity contribution is 5.87. The van der Waals surface area contributed by atoms with E-state index in [1.165, 1.54) is 10.7 Å². The molecule has 2 aromatic carbocycles. The summed E-state index contributed by atoms with van der Waals surface area (Å²) in [5, 5.41) is 8.38. The molecular formula is C15H8F3N5. The SMILES string of the molecule is FC(F)(F)c1nc(-n2nnc3ccccc32)c2ccccc2n1. The zero-order valence-corrected chi connectivity index (χ0v) is 11.5. The molecule has 0 radical (unpaired) electrons. The molecule has 2 heterocycles. The van der Waals surface area contributed by atoms with Crippen molar-refractivity contribution in [3.05, 3.63) is 54.4 Å². The minimum absolute atomic E-state index is 0.0524. The number of nitrogens with zero attached hydrogens (tertiary/aromatic N) is 5. The molecule has 23 heavy (non-hydrogen) atoms. The molecule has 0 aliphatic rings. The molecule has 0 amide bonds. The van der Waals surface area contributed by atoms with Gasteiger partial charge in [-0.15, -0.1) is 5.10 Å². The third kappa shape index (κ3) is 2.19. The zero-order chi connectivity index (χ0) is 16.0. The Balaban J connectivity index is 2.09. The van der Waals surface area contributed by atoms with Crippen molar-refractivity contribution in [2.45, 2.75) is 6.18 Å². The van der Waals surface area contributed by atoms with E-state index in [-0.39, 0.29) is 11.3 Å². The van der Waals surface area contributed by atoms with Gasteiger partial charge in [0.25, 0.3) is 0 Å². The van der Waals surface area contributed by atoms with Crippen molar-refractivity contribution in [1.29, 1.82) is 0 Å². The first-order chi connectivity index (χ1) is 11.0. The number of rotatable bonds is 1. The summed E-state index contributed by atoms with van der Waals surface area (Å²) in [6.07, 6.45) is -4.64. The topological polar surface area (TPSA) is 56.5 Å². The maximum absolute atomic E-state index is 13.1. The molecule has 5 nitrogen and oxygen atoms in total. The maximum atomic E-state index is 13.1. The van der Waals surface area contributed by atoms with E-state index in [9.17, 15) is 13.2 Å². The highest BCUT2D eigenvalue weighted by atomic mass is 19.4. The van der Waals surface area contributed by atoms with Crippen LogP contribution in [-0.2, 0) is 6.18 Å². The Kier molecular flexibility index (Phi) is 2.80. The smallest absolute Gasteiger partial charge is 0.224 e. The molecule has 4 aromatic rings. The van der Waals surface area contributed by atoms with Gasteiger partial charge in [-0.2, -0.15) is 17.9 Å². The number of aromatic nitrogens is 5. The fraction of sp³-hybridized carbons (Fsp3) is 0.0667. The molecular weight excluding hydrogens is 307 g/mol. The molecule has 0 N–H and O–H groups in total. The number of para-hydroxylation sites is 2. The van der Waals surface area contributed by atoms with Crippen molar-refractivity contribution in [3.8, 4) is 5.82 Å². The van der Waals surface area contributed by atoms with E-state index in [1.54, 1.807) is 42.5 Å². The van der Waals surface area contributed by atoms with E-state index in [4.69, 9.17) is 0 Å². The van der Waals surface area contributed by atoms with Crippen LogP contribution in [0.1, 0.15) is 5.82 Å². The van der Waals surface area contributed by atoms with Gasteiger partial charge in [0, 0.05) is 5.39 Å². The number of alkyl halides is 3. The van der Waals surface area contributed by atoms with Crippen molar-refractivity contribution in [3.63, 3.8) is 0 Å². The van der Waals surface area contributed by atoms with Crippen LogP contribution in [0.5, 0.6) is 0 Å². The summed E-state index contributed by atoms with van der Waals surface area (Å²) >= 11 is 0. The van der Waals surface area contributed by atoms with Gasteiger partial charge in [0.1, 0.15) is 5.52 Å². The third-order valence-corrected chi connectivity index (χ3v) is 3.39. The molecule has 0 saturated heterocycles. The van der Waals surface area contributed by atoms with E-state index in [0.29, 0.717) is 16.4 Å². The van der Waals surface area contributed by atoms with Crippen molar-refractivity contribution in [2.75, 3.05) is 0 Å². The molecule has 0 bridgehead atoms. The second-order valence-corrected chi connectivity index (χ2v) is 4.88. The molecule has 0 saturated carbocycles. The summed E-state index contributed by atoms with van der Waals surface area (Å²) in [5.74, 6) is -1.15. The second-order valence-electron chi connectivity index (χ2n) is 4.88. The summed E-state index contributed by atoms with van der Waals surface area (Å²) in [5.41, 5.74) is 1.35. The van der Waals surface area contributed by atoms with Gasteiger partial charge in [-0.3, -0.25) is 0 Å².